The maximum atomic E-state index is 2.63. The summed E-state index contributed by atoms with van der Waals surface area (Å²) in [5.74, 6) is 0. The van der Waals surface area contributed by atoms with Gasteiger partial charge in [0.15, 0.2) is 0 Å². The Labute approximate surface area is 337 Å². The van der Waals surface area contributed by atoms with Crippen molar-refractivity contribution in [1.29, 1.82) is 0 Å². The second kappa shape index (κ2) is 12.0. The highest BCUT2D eigenvalue weighted by atomic mass is 15.2. The Morgan fingerprint density at radius 1 is 0.310 bits per heavy atom. The van der Waals surface area contributed by atoms with Crippen LogP contribution in [0.25, 0.3) is 72.0 Å². The van der Waals surface area contributed by atoms with Gasteiger partial charge in [-0.25, -0.2) is 0 Å². The first-order valence-corrected chi connectivity index (χ1v) is 20.1. The monoisotopic (exact) mass is 735 g/mol. The second-order valence-electron chi connectivity index (χ2n) is 15.7. The zero-order chi connectivity index (χ0) is 37.9. The van der Waals surface area contributed by atoms with E-state index in [0.717, 1.165) is 11.4 Å². The highest BCUT2D eigenvalue weighted by Crippen LogP contribution is 2.52. The third-order valence-corrected chi connectivity index (χ3v) is 12.7. The number of hydrogen-bond acceptors (Lipinski definition) is 2. The van der Waals surface area contributed by atoms with Crippen molar-refractivity contribution in [1.82, 2.24) is 4.57 Å². The van der Waals surface area contributed by atoms with E-state index in [1.54, 1.807) is 0 Å². The molecule has 0 amide bonds. The van der Waals surface area contributed by atoms with Crippen molar-refractivity contribution in [3.8, 4) is 50.2 Å². The molecule has 0 saturated heterocycles. The van der Waals surface area contributed by atoms with Crippen LogP contribution in [-0.2, 0) is 0 Å². The first kappa shape index (κ1) is 31.6. The lowest BCUT2D eigenvalue weighted by Gasteiger charge is -2.49. The van der Waals surface area contributed by atoms with E-state index in [-0.39, 0.29) is 6.85 Å². The molecule has 3 aliphatic rings. The summed E-state index contributed by atoms with van der Waals surface area (Å²) in [5.41, 5.74) is 22.4. The van der Waals surface area contributed by atoms with Crippen molar-refractivity contribution in [2.24, 2.45) is 0 Å². The maximum absolute atomic E-state index is 2.63. The van der Waals surface area contributed by atoms with Gasteiger partial charge in [0, 0.05) is 56.0 Å². The van der Waals surface area contributed by atoms with E-state index in [0.29, 0.717) is 0 Å². The molecule has 13 rings (SSSR count). The number of aromatic nitrogens is 1. The Bertz CT molecular complexity index is 3100. The lowest BCUT2D eigenvalue weighted by atomic mass is 9.41. The van der Waals surface area contributed by atoms with Crippen LogP contribution in [0.2, 0.25) is 0 Å². The maximum Gasteiger partial charge on any atom is 0.333 e. The summed E-state index contributed by atoms with van der Waals surface area (Å²) in [6.07, 6.45) is 0. The van der Waals surface area contributed by atoms with Gasteiger partial charge in [-0.1, -0.05) is 133 Å². The molecular formula is C54H34BN3. The predicted molar refractivity (Wildman–Crippen MR) is 244 cm³/mol. The Hall–Kier alpha value is -7.56. The number of para-hydroxylation sites is 2. The summed E-state index contributed by atoms with van der Waals surface area (Å²) in [6.45, 7) is 0.0238. The summed E-state index contributed by atoms with van der Waals surface area (Å²) in [4.78, 5) is 5.15. The van der Waals surface area contributed by atoms with Gasteiger partial charge in [0.2, 0.25) is 0 Å². The lowest BCUT2D eigenvalue weighted by molar-refractivity contribution is 1.17. The molecule has 0 N–H and O–H groups in total. The molecular weight excluding hydrogens is 701 g/mol. The molecule has 0 unspecified atom stereocenters. The number of nitrogens with zero attached hydrogens (tertiary/aromatic N) is 3. The summed E-state index contributed by atoms with van der Waals surface area (Å²) in [7, 11) is 0. The van der Waals surface area contributed by atoms with Gasteiger partial charge in [0.05, 0.1) is 11.0 Å². The number of fused-ring (bicyclic) bond motifs is 9. The molecule has 4 heterocycles. The van der Waals surface area contributed by atoms with Gasteiger partial charge in [-0.05, 0) is 117 Å². The molecule has 0 atom stereocenters. The van der Waals surface area contributed by atoms with Gasteiger partial charge >= 0.3 is 6.85 Å². The van der Waals surface area contributed by atoms with E-state index >= 15 is 0 Å². The van der Waals surface area contributed by atoms with E-state index in [9.17, 15) is 0 Å². The van der Waals surface area contributed by atoms with Crippen LogP contribution >= 0.6 is 0 Å². The van der Waals surface area contributed by atoms with E-state index in [1.807, 2.05) is 0 Å². The molecule has 0 aliphatic carbocycles. The second-order valence-corrected chi connectivity index (χ2v) is 15.7. The van der Waals surface area contributed by atoms with Crippen LogP contribution in [0, 0.1) is 0 Å². The minimum Gasteiger partial charge on any atom is -0.376 e. The van der Waals surface area contributed by atoms with Gasteiger partial charge in [-0.15, -0.1) is 0 Å². The average molecular weight is 736 g/mol. The Morgan fingerprint density at radius 2 is 0.776 bits per heavy atom. The van der Waals surface area contributed by atoms with Crippen LogP contribution < -0.4 is 20.6 Å². The molecule has 9 aromatic carbocycles. The molecule has 1 aromatic heterocycles. The molecule has 0 bridgehead atoms. The quantitative estimate of drug-likeness (QED) is 0.167. The zero-order valence-electron chi connectivity index (χ0n) is 31.5. The average Bonchev–Trinajstić information content (AvgIpc) is 3.64. The van der Waals surface area contributed by atoms with Crippen LogP contribution in [0.5, 0.6) is 0 Å². The molecule has 0 spiro atoms. The van der Waals surface area contributed by atoms with Crippen LogP contribution in [0.1, 0.15) is 0 Å². The predicted octanol–water partition coefficient (Wildman–Crippen LogP) is 12.8. The highest BCUT2D eigenvalue weighted by Gasteiger charge is 2.48. The third-order valence-electron chi connectivity index (χ3n) is 12.7. The van der Waals surface area contributed by atoms with Crippen LogP contribution in [0.4, 0.5) is 28.4 Å². The van der Waals surface area contributed by atoms with Crippen molar-refractivity contribution >= 4 is 68.0 Å². The van der Waals surface area contributed by atoms with Gasteiger partial charge < -0.3 is 14.3 Å². The van der Waals surface area contributed by atoms with Crippen LogP contribution in [-0.4, -0.2) is 11.4 Å². The smallest absolute Gasteiger partial charge is 0.333 e. The summed E-state index contributed by atoms with van der Waals surface area (Å²) < 4.78 is 2.40. The molecule has 10 aromatic rings. The fourth-order valence-electron chi connectivity index (χ4n) is 10.3. The van der Waals surface area contributed by atoms with E-state index in [1.165, 1.54) is 100.0 Å². The Balaban J connectivity index is 1.06. The van der Waals surface area contributed by atoms with Crippen molar-refractivity contribution in [3.05, 3.63) is 206 Å². The topological polar surface area (TPSA) is 11.4 Å². The SMILES string of the molecule is c1ccc(-c2ccc3c(c2)-c2cccc4c2B2c5c(cccc5N4c4ccc(-n5c6ccccc6c6ccccc65)cc4)-c4cc(-c5ccccc5)ccc4N23)cc1. The van der Waals surface area contributed by atoms with E-state index < -0.39 is 0 Å². The van der Waals surface area contributed by atoms with Gasteiger partial charge in [-0.2, -0.15) is 0 Å². The number of rotatable bonds is 4. The number of benzene rings is 9. The molecule has 0 fully saturated rings. The van der Waals surface area contributed by atoms with Crippen LogP contribution in [0.3, 0.4) is 0 Å². The Kier molecular flexibility index (Phi) is 6.53. The molecule has 3 nitrogen and oxygen atoms in total. The highest BCUT2D eigenvalue weighted by molar-refractivity contribution is 6.95. The molecule has 3 aliphatic heterocycles. The minimum absolute atomic E-state index is 0.0238. The third kappa shape index (κ3) is 4.34. The first-order valence-electron chi connectivity index (χ1n) is 20.1. The van der Waals surface area contributed by atoms with E-state index in [2.05, 4.69) is 221 Å². The first-order chi connectivity index (χ1) is 28.8. The molecule has 268 valence electrons. The van der Waals surface area contributed by atoms with Gasteiger partial charge in [-0.3, -0.25) is 0 Å². The minimum atomic E-state index is 0.0238. The molecule has 0 radical (unpaired) electrons. The largest absolute Gasteiger partial charge is 0.376 e. The van der Waals surface area contributed by atoms with Crippen LogP contribution in [0.15, 0.2) is 206 Å². The fraction of sp³-hybridized carbons (Fsp3) is 0. The van der Waals surface area contributed by atoms with Crippen molar-refractivity contribution in [2.75, 3.05) is 9.71 Å². The molecule has 58 heavy (non-hydrogen) atoms. The molecule has 4 heteroatoms. The number of anilines is 5. The fourth-order valence-corrected chi connectivity index (χ4v) is 10.3. The van der Waals surface area contributed by atoms with Crippen molar-refractivity contribution < 1.29 is 0 Å². The summed E-state index contributed by atoms with van der Waals surface area (Å²) >= 11 is 0. The van der Waals surface area contributed by atoms with E-state index in [4.69, 9.17) is 0 Å². The number of hydrogen-bond donors (Lipinski definition) is 0. The normalized spacial score (nSPS) is 13.1. The Morgan fingerprint density at radius 3 is 1.29 bits per heavy atom. The van der Waals surface area contributed by atoms with Crippen molar-refractivity contribution in [2.45, 2.75) is 0 Å². The zero-order valence-corrected chi connectivity index (χ0v) is 31.5. The molecule has 0 saturated carbocycles. The lowest BCUT2D eigenvalue weighted by Crippen LogP contribution is -2.63. The van der Waals surface area contributed by atoms with Gasteiger partial charge in [0.25, 0.3) is 0 Å². The summed E-state index contributed by atoms with van der Waals surface area (Å²) in [5, 5.41) is 2.54. The summed E-state index contributed by atoms with van der Waals surface area (Å²) in [6, 6.07) is 76.2. The van der Waals surface area contributed by atoms with Gasteiger partial charge in [0.1, 0.15) is 0 Å². The standard InChI is InChI=1S/C54H34BN3/c1-3-13-35(14-4-1)37-25-31-49-45(33-37)43-19-11-23-51-53(43)55-54-44(46-34-38(26-32-50(46)58(49)55)36-15-5-2-6-16-36)20-12-24-52(54)57(51)40-29-27-39(28-30-40)56-47-21-9-7-17-41(47)42-18-8-10-22-48(42)56/h1-34H. The van der Waals surface area contributed by atoms with Crippen molar-refractivity contribution in [3.63, 3.8) is 0 Å².